The van der Waals surface area contributed by atoms with Gasteiger partial charge in [0.05, 0.1) is 12.0 Å². The third-order valence-electron chi connectivity index (χ3n) is 3.82. The van der Waals surface area contributed by atoms with Gasteiger partial charge in [-0.25, -0.2) is 15.4 Å². The van der Waals surface area contributed by atoms with Crippen LogP contribution in [0.4, 0.5) is 0 Å². The van der Waals surface area contributed by atoms with Crippen molar-refractivity contribution in [3.8, 4) is 5.69 Å². The molecule has 0 unspecified atom stereocenters. The van der Waals surface area contributed by atoms with Crippen LogP contribution in [0, 0.1) is 13.8 Å². The summed E-state index contributed by atoms with van der Waals surface area (Å²) in [6.45, 7) is 4.07. The van der Waals surface area contributed by atoms with Crippen molar-refractivity contribution >= 4 is 39.8 Å². The molecular weight excluding hydrogens is 426 g/mol. The van der Waals surface area contributed by atoms with Crippen LogP contribution < -0.4 is 5.43 Å². The van der Waals surface area contributed by atoms with E-state index >= 15 is 0 Å². The van der Waals surface area contributed by atoms with E-state index in [4.69, 9.17) is 0 Å². The number of hydrogen-bond acceptors (Lipinski definition) is 5. The van der Waals surface area contributed by atoms with Gasteiger partial charge in [0.1, 0.15) is 0 Å². The Hall–Kier alpha value is -2.45. The molecule has 27 heavy (non-hydrogen) atoms. The summed E-state index contributed by atoms with van der Waals surface area (Å²) >= 11 is 4.72. The molecule has 0 aliphatic rings. The quantitative estimate of drug-likeness (QED) is 0.271. The highest BCUT2D eigenvalue weighted by molar-refractivity contribution is 9.10. The topological polar surface area (TPSA) is 72.2 Å². The molecule has 6 nitrogen and oxygen atoms in total. The van der Waals surface area contributed by atoms with Crippen LogP contribution in [0.1, 0.15) is 17.0 Å². The summed E-state index contributed by atoms with van der Waals surface area (Å²) in [6, 6.07) is 11.9. The second-order valence-corrected chi connectivity index (χ2v) is 7.61. The smallest absolute Gasteiger partial charge is 0.250 e. The molecule has 0 radical (unpaired) electrons. The van der Waals surface area contributed by atoms with Crippen molar-refractivity contribution < 1.29 is 4.79 Å². The van der Waals surface area contributed by atoms with Crippen molar-refractivity contribution in [2.45, 2.75) is 19.0 Å². The van der Waals surface area contributed by atoms with E-state index in [1.165, 1.54) is 11.8 Å². The number of hydrogen-bond donors (Lipinski definition) is 1. The number of nitrogens with one attached hydrogen (secondary N) is 1. The standard InChI is InChI=1S/C19H18BrN5OS/c1-13-10-15(14(2)25(13)17-6-4-16(20)5-7-17)11-23-24-18(26)12-27-19-21-8-3-9-22-19/h3-11H,12H2,1-2H3,(H,24,26)/b23-11-. The Labute approximate surface area is 170 Å². The predicted octanol–water partition coefficient (Wildman–Crippen LogP) is 3.89. The number of aryl methyl sites for hydroxylation is 1. The van der Waals surface area contributed by atoms with Crippen LogP contribution in [-0.4, -0.2) is 32.4 Å². The lowest BCUT2D eigenvalue weighted by atomic mass is 10.2. The molecule has 0 bridgehead atoms. The first-order valence-electron chi connectivity index (χ1n) is 8.21. The van der Waals surface area contributed by atoms with Crippen LogP contribution in [0.2, 0.25) is 0 Å². The Bertz CT molecular complexity index is 954. The summed E-state index contributed by atoms with van der Waals surface area (Å²) < 4.78 is 3.19. The molecule has 0 fully saturated rings. The van der Waals surface area contributed by atoms with E-state index in [-0.39, 0.29) is 11.7 Å². The van der Waals surface area contributed by atoms with Gasteiger partial charge in [-0.1, -0.05) is 27.7 Å². The van der Waals surface area contributed by atoms with Crippen molar-refractivity contribution in [2.24, 2.45) is 5.10 Å². The summed E-state index contributed by atoms with van der Waals surface area (Å²) in [7, 11) is 0. The average Bonchev–Trinajstić information content (AvgIpc) is 2.95. The maximum Gasteiger partial charge on any atom is 0.250 e. The van der Waals surface area contributed by atoms with Crippen molar-refractivity contribution in [3.63, 3.8) is 0 Å². The Balaban J connectivity index is 1.63. The molecule has 0 saturated carbocycles. The third kappa shape index (κ3) is 5.05. The highest BCUT2D eigenvalue weighted by atomic mass is 79.9. The maximum absolute atomic E-state index is 11.9. The van der Waals surface area contributed by atoms with Gasteiger partial charge in [-0.05, 0) is 50.2 Å². The molecule has 0 aliphatic heterocycles. The molecule has 0 saturated heterocycles. The largest absolute Gasteiger partial charge is 0.318 e. The van der Waals surface area contributed by atoms with E-state index in [2.05, 4.69) is 53.1 Å². The summed E-state index contributed by atoms with van der Waals surface area (Å²) in [5.41, 5.74) is 6.73. The first-order chi connectivity index (χ1) is 13.0. The van der Waals surface area contributed by atoms with Gasteiger partial charge in [0.2, 0.25) is 0 Å². The zero-order valence-corrected chi connectivity index (χ0v) is 17.3. The highest BCUT2D eigenvalue weighted by Crippen LogP contribution is 2.21. The fourth-order valence-electron chi connectivity index (χ4n) is 2.60. The van der Waals surface area contributed by atoms with Crippen LogP contribution in [-0.2, 0) is 4.79 Å². The van der Waals surface area contributed by atoms with Gasteiger partial charge >= 0.3 is 0 Å². The van der Waals surface area contributed by atoms with Gasteiger partial charge in [0.15, 0.2) is 5.16 Å². The Kier molecular flexibility index (Phi) is 6.41. The van der Waals surface area contributed by atoms with Gasteiger partial charge in [-0.3, -0.25) is 4.79 Å². The zero-order valence-electron chi connectivity index (χ0n) is 14.9. The number of aromatic nitrogens is 3. The molecule has 0 atom stereocenters. The average molecular weight is 444 g/mol. The van der Waals surface area contributed by atoms with E-state index in [9.17, 15) is 4.79 Å². The lowest BCUT2D eigenvalue weighted by molar-refractivity contribution is -0.118. The number of carbonyl (C=O) groups is 1. The molecule has 2 heterocycles. The molecule has 3 aromatic rings. The number of benzene rings is 1. The number of halogens is 1. The van der Waals surface area contributed by atoms with Gasteiger partial charge in [0, 0.05) is 39.5 Å². The van der Waals surface area contributed by atoms with Gasteiger partial charge < -0.3 is 4.57 Å². The molecule has 3 rings (SSSR count). The van der Waals surface area contributed by atoms with Crippen molar-refractivity contribution in [1.82, 2.24) is 20.0 Å². The Morgan fingerprint density at radius 1 is 1.26 bits per heavy atom. The van der Waals surface area contributed by atoms with Gasteiger partial charge in [-0.2, -0.15) is 5.10 Å². The minimum absolute atomic E-state index is 0.203. The lowest BCUT2D eigenvalue weighted by Gasteiger charge is -2.09. The van der Waals surface area contributed by atoms with E-state index < -0.39 is 0 Å². The second-order valence-electron chi connectivity index (χ2n) is 5.75. The first kappa shape index (κ1) is 19.3. The van der Waals surface area contributed by atoms with Crippen LogP contribution in [0.25, 0.3) is 5.69 Å². The monoisotopic (exact) mass is 443 g/mol. The summed E-state index contributed by atoms with van der Waals surface area (Å²) in [6.07, 6.45) is 4.96. The summed E-state index contributed by atoms with van der Waals surface area (Å²) in [5.74, 6) is 0.00429. The molecule has 2 aromatic heterocycles. The number of thioether (sulfide) groups is 1. The van der Waals surface area contributed by atoms with E-state index in [0.29, 0.717) is 5.16 Å². The minimum Gasteiger partial charge on any atom is -0.318 e. The molecule has 0 spiro atoms. The number of amides is 1. The summed E-state index contributed by atoms with van der Waals surface area (Å²) in [4.78, 5) is 20.0. The third-order valence-corrected chi connectivity index (χ3v) is 5.23. The fraction of sp³-hybridized carbons (Fsp3) is 0.158. The molecular formula is C19H18BrN5OS. The van der Waals surface area contributed by atoms with E-state index in [0.717, 1.165) is 27.1 Å². The molecule has 1 N–H and O–H groups in total. The first-order valence-corrected chi connectivity index (χ1v) is 9.99. The molecule has 1 aromatic carbocycles. The minimum atomic E-state index is -0.203. The number of nitrogens with zero attached hydrogens (tertiary/aromatic N) is 4. The number of carbonyl (C=O) groups excluding carboxylic acids is 1. The number of rotatable bonds is 6. The lowest BCUT2D eigenvalue weighted by Crippen LogP contribution is -2.19. The normalized spacial score (nSPS) is 11.1. The molecule has 8 heteroatoms. The zero-order chi connectivity index (χ0) is 19.2. The Morgan fingerprint density at radius 3 is 2.67 bits per heavy atom. The SMILES string of the molecule is Cc1cc(/C=N\NC(=O)CSc2ncccn2)c(C)n1-c1ccc(Br)cc1. The van der Waals surface area contributed by atoms with E-state index in [1.54, 1.807) is 24.7 Å². The van der Waals surface area contributed by atoms with E-state index in [1.807, 2.05) is 32.0 Å². The maximum atomic E-state index is 11.9. The fourth-order valence-corrected chi connectivity index (χ4v) is 3.46. The Morgan fingerprint density at radius 2 is 1.96 bits per heavy atom. The molecule has 1 amide bonds. The van der Waals surface area contributed by atoms with Crippen LogP contribution >= 0.6 is 27.7 Å². The van der Waals surface area contributed by atoms with Gasteiger partial charge in [0.25, 0.3) is 5.91 Å². The highest BCUT2D eigenvalue weighted by Gasteiger charge is 2.09. The van der Waals surface area contributed by atoms with Crippen LogP contribution in [0.3, 0.4) is 0 Å². The van der Waals surface area contributed by atoms with Crippen molar-refractivity contribution in [2.75, 3.05) is 5.75 Å². The summed E-state index contributed by atoms with van der Waals surface area (Å²) in [5, 5.41) is 4.64. The number of hydrazone groups is 1. The van der Waals surface area contributed by atoms with Crippen LogP contribution in [0.5, 0.6) is 0 Å². The predicted molar refractivity (Wildman–Crippen MR) is 111 cm³/mol. The van der Waals surface area contributed by atoms with Crippen LogP contribution in [0.15, 0.2) is 63.5 Å². The second kappa shape index (κ2) is 8.96. The van der Waals surface area contributed by atoms with Crippen molar-refractivity contribution in [3.05, 3.63) is 70.2 Å². The molecule has 0 aliphatic carbocycles. The molecule has 138 valence electrons. The van der Waals surface area contributed by atoms with Crippen molar-refractivity contribution in [1.29, 1.82) is 0 Å². The van der Waals surface area contributed by atoms with Gasteiger partial charge in [-0.15, -0.1) is 0 Å².